The third-order valence-electron chi connectivity index (χ3n) is 6.43. The highest BCUT2D eigenvalue weighted by atomic mass is 32.1. The second-order valence-electron chi connectivity index (χ2n) is 9.03. The number of hydrogen-bond acceptors (Lipinski definition) is 8. The first kappa shape index (κ1) is 26.4. The Bertz CT molecular complexity index is 1380. The van der Waals surface area contributed by atoms with E-state index < -0.39 is 0 Å². The standard InChI is InChI=1S/C28H31N5O3S2/c1-3-5-8-22-24(28(35)33(4-2)32-14-16-36-17-15-32)38-27(31-22)19-9-11-21(12-10-19)30-25(34)23-18-20-7-6-13-29-26(20)37-23/h6-7,9-13,18H,3-5,8,14-17H2,1-2H3,(H,30,34). The Morgan fingerprint density at radius 2 is 1.89 bits per heavy atom. The smallest absolute Gasteiger partial charge is 0.280 e. The highest BCUT2D eigenvalue weighted by molar-refractivity contribution is 7.20. The summed E-state index contributed by atoms with van der Waals surface area (Å²) in [5, 5.41) is 8.65. The van der Waals surface area contributed by atoms with Gasteiger partial charge in [0.25, 0.3) is 11.8 Å². The first-order chi connectivity index (χ1) is 18.6. The summed E-state index contributed by atoms with van der Waals surface area (Å²) in [6, 6.07) is 13.3. The van der Waals surface area contributed by atoms with Crippen LogP contribution in [-0.2, 0) is 11.2 Å². The lowest BCUT2D eigenvalue weighted by Gasteiger charge is -2.36. The highest BCUT2D eigenvalue weighted by Gasteiger charge is 2.27. The molecule has 1 aliphatic rings. The number of benzene rings is 1. The highest BCUT2D eigenvalue weighted by Crippen LogP contribution is 2.32. The molecule has 4 heterocycles. The molecule has 0 aliphatic carbocycles. The van der Waals surface area contributed by atoms with Crippen molar-refractivity contribution in [3.63, 3.8) is 0 Å². The first-order valence-corrected chi connectivity index (χ1v) is 14.6. The second-order valence-corrected chi connectivity index (χ2v) is 11.1. The molecule has 0 unspecified atom stereocenters. The summed E-state index contributed by atoms with van der Waals surface area (Å²) in [4.78, 5) is 37.8. The van der Waals surface area contributed by atoms with Crippen LogP contribution in [0.3, 0.4) is 0 Å². The number of hydrazine groups is 1. The van der Waals surface area contributed by atoms with Crippen molar-refractivity contribution >= 4 is 50.4 Å². The van der Waals surface area contributed by atoms with Gasteiger partial charge in [-0.25, -0.2) is 15.0 Å². The van der Waals surface area contributed by atoms with Crippen LogP contribution in [-0.4, -0.2) is 64.6 Å². The van der Waals surface area contributed by atoms with Crippen molar-refractivity contribution in [3.8, 4) is 10.6 Å². The van der Waals surface area contributed by atoms with E-state index in [0.29, 0.717) is 48.3 Å². The molecule has 1 N–H and O–H groups in total. The molecule has 1 saturated heterocycles. The number of amides is 2. The quantitative estimate of drug-likeness (QED) is 0.287. The predicted molar refractivity (Wildman–Crippen MR) is 153 cm³/mol. The van der Waals surface area contributed by atoms with Gasteiger partial charge in [0.1, 0.15) is 14.7 Å². The predicted octanol–water partition coefficient (Wildman–Crippen LogP) is 5.72. The zero-order chi connectivity index (χ0) is 26.5. The van der Waals surface area contributed by atoms with E-state index in [4.69, 9.17) is 9.72 Å². The van der Waals surface area contributed by atoms with Gasteiger partial charge in [-0.3, -0.25) is 14.6 Å². The number of unbranched alkanes of at least 4 members (excludes halogenated alkanes) is 1. The topological polar surface area (TPSA) is 87.7 Å². The fraction of sp³-hybridized carbons (Fsp3) is 0.357. The molecule has 5 rings (SSSR count). The number of hydrogen-bond donors (Lipinski definition) is 1. The molecule has 3 aromatic heterocycles. The molecule has 198 valence electrons. The van der Waals surface area contributed by atoms with Gasteiger partial charge < -0.3 is 10.1 Å². The van der Waals surface area contributed by atoms with Crippen molar-refractivity contribution in [3.05, 3.63) is 64.1 Å². The van der Waals surface area contributed by atoms with Crippen LogP contribution in [0.4, 0.5) is 5.69 Å². The van der Waals surface area contributed by atoms with Crippen molar-refractivity contribution in [1.82, 2.24) is 20.0 Å². The Morgan fingerprint density at radius 3 is 2.61 bits per heavy atom. The van der Waals surface area contributed by atoms with Gasteiger partial charge in [0, 0.05) is 42.5 Å². The van der Waals surface area contributed by atoms with Crippen molar-refractivity contribution in [2.24, 2.45) is 0 Å². The number of rotatable bonds is 9. The lowest BCUT2D eigenvalue weighted by molar-refractivity contribution is -0.0674. The molecule has 1 aromatic carbocycles. The van der Waals surface area contributed by atoms with Gasteiger partial charge in [-0.15, -0.1) is 22.7 Å². The van der Waals surface area contributed by atoms with E-state index in [-0.39, 0.29) is 11.8 Å². The van der Waals surface area contributed by atoms with Gasteiger partial charge in [-0.05, 0) is 56.2 Å². The van der Waals surface area contributed by atoms with Crippen LogP contribution in [0.25, 0.3) is 20.8 Å². The number of ether oxygens (including phenoxy) is 1. The molecule has 1 fully saturated rings. The third kappa shape index (κ3) is 5.78. The van der Waals surface area contributed by atoms with Crippen molar-refractivity contribution < 1.29 is 14.3 Å². The number of aryl methyl sites for hydroxylation is 1. The molecule has 8 nitrogen and oxygen atoms in total. The van der Waals surface area contributed by atoms with Gasteiger partial charge in [0.05, 0.1) is 23.8 Å². The van der Waals surface area contributed by atoms with E-state index in [1.54, 1.807) is 6.20 Å². The van der Waals surface area contributed by atoms with Crippen molar-refractivity contribution in [1.29, 1.82) is 0 Å². The van der Waals surface area contributed by atoms with Crippen LogP contribution in [0.1, 0.15) is 51.7 Å². The number of carbonyl (C=O) groups is 2. The summed E-state index contributed by atoms with van der Waals surface area (Å²) in [5.41, 5.74) is 2.48. The van der Waals surface area contributed by atoms with E-state index in [9.17, 15) is 9.59 Å². The van der Waals surface area contributed by atoms with Crippen LogP contribution in [0, 0.1) is 0 Å². The lowest BCUT2D eigenvalue weighted by atomic mass is 10.1. The molecule has 38 heavy (non-hydrogen) atoms. The number of nitrogens with one attached hydrogen (secondary N) is 1. The summed E-state index contributed by atoms with van der Waals surface area (Å²) in [6.07, 6.45) is 4.51. The van der Waals surface area contributed by atoms with Crippen LogP contribution >= 0.6 is 22.7 Å². The van der Waals surface area contributed by atoms with Gasteiger partial charge in [-0.1, -0.05) is 19.4 Å². The molecule has 10 heteroatoms. The number of fused-ring (bicyclic) bond motifs is 1. The van der Waals surface area contributed by atoms with Gasteiger partial charge in [0.15, 0.2) is 0 Å². The summed E-state index contributed by atoms with van der Waals surface area (Å²) in [5.74, 6) is -0.154. The molecule has 0 atom stereocenters. The summed E-state index contributed by atoms with van der Waals surface area (Å²) in [6.45, 7) is 7.42. The average molecular weight is 550 g/mol. The molecular weight excluding hydrogens is 518 g/mol. The Kier molecular flexibility index (Phi) is 8.43. The maximum absolute atomic E-state index is 13.6. The van der Waals surface area contributed by atoms with Crippen molar-refractivity contribution in [2.45, 2.75) is 33.1 Å². The third-order valence-corrected chi connectivity index (χ3v) is 8.62. The fourth-order valence-corrected chi connectivity index (χ4v) is 6.37. The lowest BCUT2D eigenvalue weighted by Crippen LogP contribution is -2.51. The Labute approximate surface area is 230 Å². The minimum atomic E-state index is -0.160. The first-order valence-electron chi connectivity index (χ1n) is 13.0. The maximum atomic E-state index is 13.6. The minimum absolute atomic E-state index is 0.00552. The molecule has 0 bridgehead atoms. The number of thiazole rings is 1. The van der Waals surface area contributed by atoms with Gasteiger partial charge in [-0.2, -0.15) is 0 Å². The van der Waals surface area contributed by atoms with E-state index in [1.165, 1.54) is 22.7 Å². The molecule has 0 spiro atoms. The fourth-order valence-electron chi connectivity index (χ4n) is 4.41. The largest absolute Gasteiger partial charge is 0.379 e. The average Bonchev–Trinajstić information content (AvgIpc) is 3.58. The Balaban J connectivity index is 1.34. The summed E-state index contributed by atoms with van der Waals surface area (Å²) in [7, 11) is 0. The van der Waals surface area contributed by atoms with E-state index >= 15 is 0 Å². The van der Waals surface area contributed by atoms with Crippen molar-refractivity contribution in [2.75, 3.05) is 38.2 Å². The number of pyridine rings is 1. The number of aromatic nitrogens is 2. The SMILES string of the molecule is CCCCc1nc(-c2ccc(NC(=O)c3cc4cccnc4s3)cc2)sc1C(=O)N(CC)N1CCOCC1. The molecule has 4 aromatic rings. The van der Waals surface area contributed by atoms with Gasteiger partial charge >= 0.3 is 0 Å². The number of thiophene rings is 1. The number of morpholine rings is 1. The van der Waals surface area contributed by atoms with Crippen LogP contribution in [0.5, 0.6) is 0 Å². The molecule has 0 saturated carbocycles. The monoisotopic (exact) mass is 549 g/mol. The van der Waals surface area contributed by atoms with Crippen LogP contribution < -0.4 is 5.32 Å². The summed E-state index contributed by atoms with van der Waals surface area (Å²) < 4.78 is 5.47. The Hall–Kier alpha value is -3.18. The minimum Gasteiger partial charge on any atom is -0.379 e. The van der Waals surface area contributed by atoms with E-state index in [1.807, 2.05) is 54.4 Å². The maximum Gasteiger partial charge on any atom is 0.280 e. The van der Waals surface area contributed by atoms with E-state index in [0.717, 1.165) is 45.7 Å². The number of nitrogens with zero attached hydrogens (tertiary/aromatic N) is 4. The second kappa shape index (κ2) is 12.1. The number of carbonyl (C=O) groups excluding carboxylic acids is 2. The van der Waals surface area contributed by atoms with Crippen LogP contribution in [0.2, 0.25) is 0 Å². The molecular formula is C28H31N5O3S2. The molecule has 0 radical (unpaired) electrons. The molecule has 1 aliphatic heterocycles. The zero-order valence-corrected chi connectivity index (χ0v) is 23.2. The summed E-state index contributed by atoms with van der Waals surface area (Å²) >= 11 is 2.82. The zero-order valence-electron chi connectivity index (χ0n) is 21.6. The number of anilines is 1. The van der Waals surface area contributed by atoms with Crippen LogP contribution in [0.15, 0.2) is 48.7 Å². The van der Waals surface area contributed by atoms with E-state index in [2.05, 4.69) is 22.2 Å². The Morgan fingerprint density at radius 1 is 1.11 bits per heavy atom. The normalized spacial score (nSPS) is 14.1. The van der Waals surface area contributed by atoms with Gasteiger partial charge in [0.2, 0.25) is 0 Å². The molecule has 2 amide bonds.